The van der Waals surface area contributed by atoms with Crippen molar-refractivity contribution in [2.45, 2.75) is 160 Å². The van der Waals surface area contributed by atoms with Crippen molar-refractivity contribution in [1.29, 1.82) is 0 Å². The summed E-state index contributed by atoms with van der Waals surface area (Å²) in [4.78, 5) is 0. The molecule has 26 heteroatoms. The van der Waals surface area contributed by atoms with Crippen LogP contribution in [0, 0.1) is 0 Å². The van der Waals surface area contributed by atoms with Gasteiger partial charge in [-0.3, -0.25) is 0 Å². The number of aliphatic hydroxyl groups is 20. The SMILES string of the molecule is NC(CCCNC[C@H](O)[C@@H](O)[C@H](O)[C@H](O)CO)(CCCNC[C@H](O)[C@@H](O)[C@H](O)[C@H](O)CO)C(N)(CCCNC[C@H](O)[C@@H](O)[C@H](O)[C@H](O)CO)CCCNC[C@H](O)[C@@H](O)[C@H](O)[C@H](O)CO. The zero-order valence-electron chi connectivity index (χ0n) is 36.5. The first-order chi connectivity index (χ1) is 30.0. The fraction of sp³-hybridized carbons (Fsp3) is 1.00. The number of rotatable bonds is 41. The second-order valence-corrected chi connectivity index (χ2v) is 16.7. The van der Waals surface area contributed by atoms with Gasteiger partial charge in [0.2, 0.25) is 0 Å². The van der Waals surface area contributed by atoms with Gasteiger partial charge in [-0.2, -0.15) is 0 Å². The van der Waals surface area contributed by atoms with Gasteiger partial charge in [0.05, 0.1) is 50.8 Å². The number of hydrogen-bond acceptors (Lipinski definition) is 26. The molecule has 0 aliphatic rings. The molecule has 28 N–H and O–H groups in total. The van der Waals surface area contributed by atoms with Crippen LogP contribution in [0.15, 0.2) is 0 Å². The minimum Gasteiger partial charge on any atom is -0.394 e. The Hall–Kier alpha value is -1.04. The van der Waals surface area contributed by atoms with Crippen molar-refractivity contribution in [3.8, 4) is 0 Å². The van der Waals surface area contributed by atoms with E-state index in [4.69, 9.17) is 31.9 Å². The maximum atomic E-state index is 10.3. The predicted molar refractivity (Wildman–Crippen MR) is 227 cm³/mol. The zero-order valence-corrected chi connectivity index (χ0v) is 36.5. The van der Waals surface area contributed by atoms with Crippen LogP contribution in [0.2, 0.25) is 0 Å². The highest BCUT2D eigenvalue weighted by molar-refractivity contribution is 5.07. The van der Waals surface area contributed by atoms with E-state index < -0.39 is 135 Å². The van der Waals surface area contributed by atoms with Gasteiger partial charge in [0.1, 0.15) is 73.2 Å². The molecule has 0 bridgehead atoms. The third kappa shape index (κ3) is 21.9. The van der Waals surface area contributed by atoms with Gasteiger partial charge in [-0.1, -0.05) is 0 Å². The van der Waals surface area contributed by atoms with Crippen LogP contribution in [0.25, 0.3) is 0 Å². The van der Waals surface area contributed by atoms with Gasteiger partial charge in [-0.15, -0.1) is 0 Å². The van der Waals surface area contributed by atoms with Crippen molar-refractivity contribution < 1.29 is 102 Å². The molecule has 26 nitrogen and oxygen atoms in total. The number of aliphatic hydroxyl groups excluding tert-OH is 20. The van der Waals surface area contributed by atoms with Crippen molar-refractivity contribution in [2.24, 2.45) is 11.5 Å². The second kappa shape index (κ2) is 33.5. The minimum atomic E-state index is -1.83. The van der Waals surface area contributed by atoms with E-state index in [1.54, 1.807) is 0 Å². The quantitative estimate of drug-likeness (QED) is 0.0253. The highest BCUT2D eigenvalue weighted by atomic mass is 16.4. The van der Waals surface area contributed by atoms with Crippen LogP contribution in [-0.4, -0.2) is 290 Å². The molecule has 0 spiro atoms. The fourth-order valence-corrected chi connectivity index (χ4v) is 7.10. The summed E-state index contributed by atoms with van der Waals surface area (Å²) in [5.74, 6) is 0. The highest BCUT2D eigenvalue weighted by Gasteiger charge is 2.44. The summed E-state index contributed by atoms with van der Waals surface area (Å²) in [6.07, 6.45) is -25.1. The molecule has 0 rings (SSSR count). The second-order valence-electron chi connectivity index (χ2n) is 16.7. The summed E-state index contributed by atoms with van der Waals surface area (Å²) >= 11 is 0. The molecular weight excluding hydrogens is 860 g/mol. The molecule has 16 atom stereocenters. The molecule has 0 saturated heterocycles. The molecular formula is C38H84N6O20. The third-order valence-corrected chi connectivity index (χ3v) is 11.6. The smallest absolute Gasteiger partial charge is 0.111 e. The number of hydrogen-bond donors (Lipinski definition) is 26. The Morgan fingerprint density at radius 2 is 0.438 bits per heavy atom. The fourth-order valence-electron chi connectivity index (χ4n) is 7.10. The Bertz CT molecular complexity index is 993. The average Bonchev–Trinajstić information content (AvgIpc) is 3.29. The maximum Gasteiger partial charge on any atom is 0.111 e. The first kappa shape index (κ1) is 63.0. The highest BCUT2D eigenvalue weighted by Crippen LogP contribution is 2.35. The van der Waals surface area contributed by atoms with Crippen LogP contribution in [0.3, 0.4) is 0 Å². The summed E-state index contributed by atoms with van der Waals surface area (Å²) in [7, 11) is 0. The van der Waals surface area contributed by atoms with Crippen molar-refractivity contribution in [2.75, 3.05) is 78.8 Å². The molecule has 0 aromatic rings. The van der Waals surface area contributed by atoms with Gasteiger partial charge in [0.25, 0.3) is 0 Å². The predicted octanol–water partition coefficient (Wildman–Crippen LogP) is -12.4. The third-order valence-electron chi connectivity index (χ3n) is 11.6. The van der Waals surface area contributed by atoms with E-state index in [0.717, 1.165) is 0 Å². The average molecular weight is 945 g/mol. The molecule has 0 aromatic heterocycles. The lowest BCUT2D eigenvalue weighted by Crippen LogP contribution is -2.66. The van der Waals surface area contributed by atoms with E-state index in [0.29, 0.717) is 25.7 Å². The van der Waals surface area contributed by atoms with Gasteiger partial charge < -0.3 is 135 Å². The van der Waals surface area contributed by atoms with Crippen molar-refractivity contribution in [3.05, 3.63) is 0 Å². The van der Waals surface area contributed by atoms with Gasteiger partial charge >= 0.3 is 0 Å². The topological polar surface area (TPSA) is 505 Å². The van der Waals surface area contributed by atoms with E-state index in [9.17, 15) is 81.7 Å². The monoisotopic (exact) mass is 945 g/mol. The van der Waals surface area contributed by atoms with E-state index >= 15 is 0 Å². The molecule has 0 fully saturated rings. The first-order valence-electron chi connectivity index (χ1n) is 21.7. The molecule has 0 saturated carbocycles. The van der Waals surface area contributed by atoms with Crippen molar-refractivity contribution in [3.63, 3.8) is 0 Å². The van der Waals surface area contributed by atoms with Gasteiger partial charge in [-0.05, 0) is 77.5 Å². The largest absolute Gasteiger partial charge is 0.394 e. The molecule has 0 aliphatic carbocycles. The molecule has 0 aliphatic heterocycles. The van der Waals surface area contributed by atoms with Crippen LogP contribution in [-0.2, 0) is 0 Å². The lowest BCUT2D eigenvalue weighted by atomic mass is 9.67. The molecule has 0 amide bonds. The Balaban J connectivity index is 6.13. The van der Waals surface area contributed by atoms with Crippen LogP contribution < -0.4 is 32.7 Å². The van der Waals surface area contributed by atoms with E-state index in [1.165, 1.54) is 0 Å². The first-order valence-corrected chi connectivity index (χ1v) is 21.7. The summed E-state index contributed by atoms with van der Waals surface area (Å²) in [6, 6.07) is 0. The Morgan fingerprint density at radius 1 is 0.281 bits per heavy atom. The van der Waals surface area contributed by atoms with Crippen molar-refractivity contribution >= 4 is 0 Å². The normalized spacial score (nSPS) is 20.5. The van der Waals surface area contributed by atoms with Gasteiger partial charge in [0.15, 0.2) is 0 Å². The minimum absolute atomic E-state index is 0.207. The van der Waals surface area contributed by atoms with Crippen LogP contribution in [0.1, 0.15) is 51.4 Å². The zero-order chi connectivity index (χ0) is 49.2. The van der Waals surface area contributed by atoms with Crippen LogP contribution in [0.4, 0.5) is 0 Å². The molecule has 64 heavy (non-hydrogen) atoms. The standard InChI is InChI=1S/C38H84N6O20/c39-37(5-1-9-41-13-21(49)29(57)33(61)25(53)17-45,6-2-10-42-14-22(50)30(58)34(62)26(54)18-46)38(40,7-3-11-43-15-23(51)31(59)35(63)27(55)19-47)8-4-12-44-16-24(52)32(60)36(64)28(56)20-48/h21-36,41-64H,1-20,39-40H2/t21-,22-,23-,24-,25+,26+,27+,28+,29+,30+,31+,32+,33+,34+,35+,36+/m0/s1. The van der Waals surface area contributed by atoms with Gasteiger partial charge in [-0.25, -0.2) is 0 Å². The molecule has 0 radical (unpaired) electrons. The molecule has 0 heterocycles. The number of nitrogens with two attached hydrogens (primary N) is 2. The summed E-state index contributed by atoms with van der Waals surface area (Å²) in [6.45, 7) is -3.48. The van der Waals surface area contributed by atoms with Crippen molar-refractivity contribution in [1.82, 2.24) is 21.3 Å². The molecule has 0 unspecified atom stereocenters. The molecule has 0 aromatic carbocycles. The summed E-state index contributed by atoms with van der Waals surface area (Å²) in [5, 5.41) is 208. The van der Waals surface area contributed by atoms with E-state index in [1.807, 2.05) is 0 Å². The Labute approximate surface area is 373 Å². The van der Waals surface area contributed by atoms with Gasteiger partial charge in [0, 0.05) is 37.3 Å². The Morgan fingerprint density at radius 3 is 0.594 bits per heavy atom. The summed E-state index contributed by atoms with van der Waals surface area (Å²) < 4.78 is 0. The van der Waals surface area contributed by atoms with Crippen LogP contribution in [0.5, 0.6) is 0 Å². The number of nitrogens with one attached hydrogen (secondary N) is 4. The lowest BCUT2D eigenvalue weighted by Gasteiger charge is -2.47. The maximum absolute atomic E-state index is 10.3. The Kier molecular flexibility index (Phi) is 32.9. The van der Waals surface area contributed by atoms with Crippen LogP contribution >= 0.6 is 0 Å². The lowest BCUT2D eigenvalue weighted by molar-refractivity contribution is -0.114. The summed E-state index contributed by atoms with van der Waals surface area (Å²) in [5.41, 5.74) is 12.1. The van der Waals surface area contributed by atoms with E-state index in [2.05, 4.69) is 21.3 Å². The molecule has 386 valence electrons. The van der Waals surface area contributed by atoms with E-state index in [-0.39, 0.29) is 78.0 Å².